The summed E-state index contributed by atoms with van der Waals surface area (Å²) in [5.41, 5.74) is 4.07. The Balaban J connectivity index is 0.000000775. The van der Waals surface area contributed by atoms with Crippen molar-refractivity contribution in [2.75, 3.05) is 31.1 Å². The summed E-state index contributed by atoms with van der Waals surface area (Å²) in [6, 6.07) is 20.2. The van der Waals surface area contributed by atoms with Crippen molar-refractivity contribution in [3.63, 3.8) is 0 Å². The molecule has 0 saturated carbocycles. The molecule has 2 nitrogen and oxygen atoms in total. The van der Waals surface area contributed by atoms with Gasteiger partial charge in [-0.1, -0.05) is 26.0 Å². The molecule has 1 radical (unpaired) electrons. The molecule has 1 heterocycles. The molecule has 0 spiro atoms. The minimum atomic E-state index is 0. The molecule has 1 saturated heterocycles. The first-order chi connectivity index (χ1) is 10.4. The van der Waals surface area contributed by atoms with Crippen LogP contribution < -0.4 is 10.2 Å². The van der Waals surface area contributed by atoms with Gasteiger partial charge in [0, 0.05) is 64.6 Å². The molecule has 1 fully saturated rings. The average Bonchev–Trinajstić information content (AvgIpc) is 2.59. The van der Waals surface area contributed by atoms with E-state index < -0.39 is 0 Å². The van der Waals surface area contributed by atoms with Crippen LogP contribution in [0.2, 0.25) is 0 Å². The standard InChI is InChI=1S/C17H19N2.C2H6.Y/c1-2-5-15(6-3-1)13-16-7-4-8-17(14-16)19-11-9-18-10-12-19;1-2;/h2-8,14,18H,9-13H2;1-2H3;/q-1;;. The fraction of sp³-hybridized carbons (Fsp3) is 0.368. The molecule has 22 heavy (non-hydrogen) atoms. The van der Waals surface area contributed by atoms with Crippen molar-refractivity contribution in [1.29, 1.82) is 0 Å². The second kappa shape index (κ2) is 10.9. The normalized spacial score (nSPS) is 13.6. The molecule has 1 N–H and O–H groups in total. The molecule has 0 aromatic heterocycles. The summed E-state index contributed by atoms with van der Waals surface area (Å²) in [4.78, 5) is 2.46. The van der Waals surface area contributed by atoms with Gasteiger partial charge in [-0.25, -0.2) is 0 Å². The molecule has 0 bridgehead atoms. The van der Waals surface area contributed by atoms with Crippen molar-refractivity contribution in [3.8, 4) is 0 Å². The number of benzene rings is 2. The number of rotatable bonds is 3. The van der Waals surface area contributed by atoms with Crippen LogP contribution in [0.25, 0.3) is 0 Å². The first-order valence-electron chi connectivity index (χ1n) is 7.91. The molecule has 0 amide bonds. The van der Waals surface area contributed by atoms with Gasteiger partial charge in [-0.3, -0.25) is 0 Å². The number of nitrogens with one attached hydrogen (secondary N) is 1. The van der Waals surface area contributed by atoms with Gasteiger partial charge in [0.05, 0.1) is 0 Å². The zero-order valence-corrected chi connectivity index (χ0v) is 16.5. The van der Waals surface area contributed by atoms with Crippen molar-refractivity contribution in [2.24, 2.45) is 0 Å². The van der Waals surface area contributed by atoms with E-state index in [9.17, 15) is 0 Å². The van der Waals surface area contributed by atoms with Gasteiger partial charge in [0.15, 0.2) is 0 Å². The molecule has 1 aliphatic heterocycles. The van der Waals surface area contributed by atoms with Crippen LogP contribution in [0, 0.1) is 6.07 Å². The smallest absolute Gasteiger partial charge is 0.0369 e. The fourth-order valence-corrected chi connectivity index (χ4v) is 2.56. The Morgan fingerprint density at radius 1 is 1.00 bits per heavy atom. The van der Waals surface area contributed by atoms with Crippen LogP contribution in [0.5, 0.6) is 0 Å². The molecule has 0 aliphatic carbocycles. The summed E-state index contributed by atoms with van der Waals surface area (Å²) >= 11 is 0. The van der Waals surface area contributed by atoms with Gasteiger partial charge >= 0.3 is 0 Å². The number of anilines is 1. The summed E-state index contributed by atoms with van der Waals surface area (Å²) < 4.78 is 0. The maximum Gasteiger partial charge on any atom is 0.0369 e. The van der Waals surface area contributed by atoms with Crippen molar-refractivity contribution < 1.29 is 32.7 Å². The van der Waals surface area contributed by atoms with E-state index in [2.05, 4.69) is 52.7 Å². The summed E-state index contributed by atoms with van der Waals surface area (Å²) in [5.74, 6) is 0. The molecule has 1 aliphatic rings. The van der Waals surface area contributed by atoms with Gasteiger partial charge in [0.25, 0.3) is 0 Å². The monoisotopic (exact) mass is 370 g/mol. The molecule has 3 heteroatoms. The fourth-order valence-electron chi connectivity index (χ4n) is 2.56. The Hall–Kier alpha value is -0.696. The second-order valence-corrected chi connectivity index (χ2v) is 4.99. The zero-order valence-electron chi connectivity index (χ0n) is 13.7. The van der Waals surface area contributed by atoms with E-state index >= 15 is 0 Å². The van der Waals surface area contributed by atoms with E-state index in [1.165, 1.54) is 16.8 Å². The van der Waals surface area contributed by atoms with E-state index in [1.807, 2.05) is 26.0 Å². The molecule has 2 aromatic rings. The van der Waals surface area contributed by atoms with Crippen LogP contribution in [-0.4, -0.2) is 26.2 Å². The molecule has 0 unspecified atom stereocenters. The van der Waals surface area contributed by atoms with Crippen LogP contribution in [0.15, 0.2) is 48.5 Å². The van der Waals surface area contributed by atoms with Gasteiger partial charge < -0.3 is 10.2 Å². The maximum absolute atomic E-state index is 3.39. The Morgan fingerprint density at radius 3 is 2.36 bits per heavy atom. The van der Waals surface area contributed by atoms with E-state index in [1.54, 1.807) is 0 Å². The van der Waals surface area contributed by atoms with Crippen molar-refractivity contribution in [2.45, 2.75) is 20.3 Å². The Morgan fingerprint density at radius 2 is 1.68 bits per heavy atom. The molecule has 115 valence electrons. The minimum Gasteiger partial charge on any atom is -0.369 e. The topological polar surface area (TPSA) is 15.3 Å². The van der Waals surface area contributed by atoms with Gasteiger partial charge in [-0.15, -0.1) is 0 Å². The van der Waals surface area contributed by atoms with Crippen molar-refractivity contribution in [3.05, 3.63) is 65.7 Å². The van der Waals surface area contributed by atoms with Gasteiger partial charge in [0.1, 0.15) is 0 Å². The Bertz CT molecular complexity index is 522. The molecule has 0 atom stereocenters. The number of piperazine rings is 1. The van der Waals surface area contributed by atoms with Crippen LogP contribution in [-0.2, 0) is 39.1 Å². The third-order valence-corrected chi connectivity index (χ3v) is 3.59. The molecular formula is C19H25N2Y-. The van der Waals surface area contributed by atoms with Gasteiger partial charge in [0.2, 0.25) is 0 Å². The number of hydrogen-bond donors (Lipinski definition) is 1. The van der Waals surface area contributed by atoms with Crippen molar-refractivity contribution in [1.82, 2.24) is 5.32 Å². The Labute approximate surface area is 160 Å². The number of hydrogen-bond acceptors (Lipinski definition) is 2. The largest absolute Gasteiger partial charge is 0.369 e. The zero-order chi connectivity index (χ0) is 14.9. The average molecular weight is 370 g/mol. The summed E-state index contributed by atoms with van der Waals surface area (Å²) in [5, 5.41) is 3.39. The van der Waals surface area contributed by atoms with E-state index in [-0.39, 0.29) is 32.7 Å². The SMILES string of the molecule is CC.[Y].[c-]1ccc(Cc2cccc(N3CCNCC3)c2)cc1. The van der Waals surface area contributed by atoms with E-state index in [0.717, 1.165) is 32.6 Å². The second-order valence-electron chi connectivity index (χ2n) is 4.99. The summed E-state index contributed by atoms with van der Waals surface area (Å²) in [6.07, 6.45) is 0.995. The summed E-state index contributed by atoms with van der Waals surface area (Å²) in [7, 11) is 0. The van der Waals surface area contributed by atoms with Crippen LogP contribution in [0.3, 0.4) is 0 Å². The molecule has 3 rings (SSSR count). The summed E-state index contributed by atoms with van der Waals surface area (Å²) in [6.45, 7) is 8.37. The van der Waals surface area contributed by atoms with Gasteiger partial charge in [-0.05, 0) is 24.1 Å². The third-order valence-electron chi connectivity index (χ3n) is 3.59. The number of nitrogens with zero attached hydrogens (tertiary/aromatic N) is 1. The first kappa shape index (κ1) is 19.4. The quantitative estimate of drug-likeness (QED) is 0.832. The van der Waals surface area contributed by atoms with E-state index in [4.69, 9.17) is 0 Å². The predicted octanol–water partition coefficient (Wildman–Crippen LogP) is 3.51. The molecular weight excluding hydrogens is 345 g/mol. The minimum absolute atomic E-state index is 0. The van der Waals surface area contributed by atoms with Crippen LogP contribution in [0.1, 0.15) is 25.0 Å². The Kier molecular flexibility index (Phi) is 9.62. The maximum atomic E-state index is 3.39. The van der Waals surface area contributed by atoms with Crippen LogP contribution in [0.4, 0.5) is 5.69 Å². The van der Waals surface area contributed by atoms with Crippen molar-refractivity contribution >= 4 is 5.69 Å². The third kappa shape index (κ3) is 5.83. The van der Waals surface area contributed by atoms with E-state index in [0.29, 0.717) is 0 Å². The van der Waals surface area contributed by atoms with Gasteiger partial charge in [-0.2, -0.15) is 35.9 Å². The first-order valence-corrected chi connectivity index (χ1v) is 7.91. The van der Waals surface area contributed by atoms with Crippen LogP contribution >= 0.6 is 0 Å². The predicted molar refractivity (Wildman–Crippen MR) is 91.0 cm³/mol. The molecule has 2 aromatic carbocycles.